The van der Waals surface area contributed by atoms with Gasteiger partial charge in [-0.3, -0.25) is 4.79 Å². The molecule has 3 N–H and O–H groups in total. The van der Waals surface area contributed by atoms with Gasteiger partial charge in [-0.2, -0.15) is 0 Å². The summed E-state index contributed by atoms with van der Waals surface area (Å²) in [7, 11) is 3.69. The molecule has 19 heavy (non-hydrogen) atoms. The summed E-state index contributed by atoms with van der Waals surface area (Å²) in [6.07, 6.45) is 1.75. The normalized spacial score (nSPS) is 18.5. The van der Waals surface area contributed by atoms with E-state index in [0.29, 0.717) is 26.4 Å². The number of carbonyl (C=O) groups excluding carboxylic acids is 1. The van der Waals surface area contributed by atoms with Crippen LogP contribution in [0, 0.1) is 5.92 Å². The van der Waals surface area contributed by atoms with Crippen molar-refractivity contribution in [2.45, 2.75) is 18.9 Å². The first-order valence-corrected chi connectivity index (χ1v) is 6.93. The van der Waals surface area contributed by atoms with Crippen LogP contribution in [0.15, 0.2) is 0 Å². The monoisotopic (exact) mass is 273 g/mol. The van der Waals surface area contributed by atoms with E-state index in [1.165, 1.54) is 0 Å². The predicted molar refractivity (Wildman–Crippen MR) is 73.9 cm³/mol. The van der Waals surface area contributed by atoms with E-state index >= 15 is 0 Å². The van der Waals surface area contributed by atoms with Crippen molar-refractivity contribution >= 4 is 5.91 Å². The van der Waals surface area contributed by atoms with Crippen molar-refractivity contribution in [3.05, 3.63) is 0 Å². The van der Waals surface area contributed by atoms with Gasteiger partial charge in [0.15, 0.2) is 0 Å². The Bertz CT molecular complexity index is 258. The maximum atomic E-state index is 11.9. The van der Waals surface area contributed by atoms with Gasteiger partial charge in [0, 0.05) is 40.0 Å². The number of nitrogens with one attached hydrogen (secondary N) is 1. The minimum absolute atomic E-state index is 0.0490. The molecule has 0 radical (unpaired) electrons. The summed E-state index contributed by atoms with van der Waals surface area (Å²) in [6.45, 7) is 4.41. The molecule has 1 rings (SSSR count). The number of amides is 1. The third-order valence-corrected chi connectivity index (χ3v) is 3.55. The molecule has 1 aliphatic heterocycles. The quantitative estimate of drug-likeness (QED) is 0.619. The van der Waals surface area contributed by atoms with Crippen LogP contribution in [-0.4, -0.2) is 70.5 Å². The molecule has 6 heteroatoms. The van der Waals surface area contributed by atoms with E-state index in [9.17, 15) is 4.79 Å². The molecule has 0 saturated carbocycles. The van der Waals surface area contributed by atoms with Crippen molar-refractivity contribution in [2.75, 3.05) is 53.6 Å². The van der Waals surface area contributed by atoms with Crippen LogP contribution in [0.3, 0.4) is 0 Å². The van der Waals surface area contributed by atoms with E-state index in [1.54, 1.807) is 7.11 Å². The van der Waals surface area contributed by atoms with Crippen LogP contribution in [0.4, 0.5) is 0 Å². The molecule has 0 aromatic heterocycles. The number of rotatable bonds is 8. The fourth-order valence-electron chi connectivity index (χ4n) is 2.14. The van der Waals surface area contributed by atoms with E-state index in [0.717, 1.165) is 25.9 Å². The lowest BCUT2D eigenvalue weighted by atomic mass is 9.92. The largest absolute Gasteiger partial charge is 0.383 e. The van der Waals surface area contributed by atoms with Gasteiger partial charge in [-0.05, 0) is 25.8 Å². The Hall–Kier alpha value is -0.690. The minimum Gasteiger partial charge on any atom is -0.383 e. The molecule has 0 spiro atoms. The number of nitrogens with two attached hydrogens (primary N) is 1. The van der Waals surface area contributed by atoms with Gasteiger partial charge in [-0.15, -0.1) is 0 Å². The van der Waals surface area contributed by atoms with Gasteiger partial charge >= 0.3 is 0 Å². The number of ether oxygens (including phenoxy) is 2. The zero-order valence-corrected chi connectivity index (χ0v) is 12.1. The zero-order chi connectivity index (χ0) is 14.1. The maximum absolute atomic E-state index is 11.9. The summed E-state index contributed by atoms with van der Waals surface area (Å²) in [5.74, 6) is 0.201. The van der Waals surface area contributed by atoms with E-state index in [4.69, 9.17) is 15.2 Å². The Morgan fingerprint density at radius 2 is 2.16 bits per heavy atom. The van der Waals surface area contributed by atoms with Crippen molar-refractivity contribution in [3.63, 3.8) is 0 Å². The molecule has 1 atom stereocenters. The van der Waals surface area contributed by atoms with Gasteiger partial charge in [0.25, 0.3) is 0 Å². The van der Waals surface area contributed by atoms with E-state index in [-0.39, 0.29) is 11.8 Å². The first kappa shape index (κ1) is 16.4. The average Bonchev–Trinajstić information content (AvgIpc) is 2.45. The Morgan fingerprint density at radius 3 is 2.79 bits per heavy atom. The molecule has 0 bridgehead atoms. The second-order valence-electron chi connectivity index (χ2n) is 5.06. The highest BCUT2D eigenvalue weighted by atomic mass is 16.5. The van der Waals surface area contributed by atoms with Gasteiger partial charge in [-0.25, -0.2) is 0 Å². The summed E-state index contributed by atoms with van der Waals surface area (Å²) in [5.41, 5.74) is 5.99. The SMILES string of the molecule is COCCN(C)CCNC(=O)C(N)C1CCOCC1. The number of methoxy groups -OCH3 is 1. The summed E-state index contributed by atoms with van der Waals surface area (Å²) < 4.78 is 10.3. The molecule has 0 aliphatic carbocycles. The standard InChI is InChI=1S/C13H27N3O3/c1-16(7-10-18-2)6-5-15-13(17)12(14)11-3-8-19-9-4-11/h11-12H,3-10,14H2,1-2H3,(H,15,17). The lowest BCUT2D eigenvalue weighted by Gasteiger charge is -2.27. The number of nitrogens with zero attached hydrogens (tertiary/aromatic N) is 1. The molecule has 112 valence electrons. The van der Waals surface area contributed by atoms with E-state index < -0.39 is 6.04 Å². The highest BCUT2D eigenvalue weighted by Gasteiger charge is 2.26. The van der Waals surface area contributed by atoms with Crippen LogP contribution in [-0.2, 0) is 14.3 Å². The summed E-state index contributed by atoms with van der Waals surface area (Å²) >= 11 is 0. The molecule has 1 heterocycles. The molecule has 0 aromatic carbocycles. The number of likely N-dealkylation sites (N-methyl/N-ethyl adjacent to an activating group) is 1. The molecular weight excluding hydrogens is 246 g/mol. The average molecular weight is 273 g/mol. The number of hydrogen-bond donors (Lipinski definition) is 2. The summed E-state index contributed by atoms with van der Waals surface area (Å²) in [5, 5.41) is 2.90. The second kappa shape index (κ2) is 9.25. The maximum Gasteiger partial charge on any atom is 0.237 e. The number of carbonyl (C=O) groups is 1. The summed E-state index contributed by atoms with van der Waals surface area (Å²) in [6, 6.07) is -0.409. The van der Waals surface area contributed by atoms with Crippen molar-refractivity contribution < 1.29 is 14.3 Å². The highest BCUT2D eigenvalue weighted by molar-refractivity contribution is 5.81. The predicted octanol–water partition coefficient (Wildman–Crippen LogP) is -0.565. The smallest absolute Gasteiger partial charge is 0.237 e. The fourth-order valence-corrected chi connectivity index (χ4v) is 2.14. The fraction of sp³-hybridized carbons (Fsp3) is 0.923. The van der Waals surface area contributed by atoms with Gasteiger partial charge in [0.2, 0.25) is 5.91 Å². The molecular formula is C13H27N3O3. The van der Waals surface area contributed by atoms with Gasteiger partial charge in [-0.1, -0.05) is 0 Å². The molecule has 6 nitrogen and oxygen atoms in total. The molecule has 1 aliphatic rings. The van der Waals surface area contributed by atoms with Gasteiger partial charge < -0.3 is 25.4 Å². The van der Waals surface area contributed by atoms with Gasteiger partial charge in [0.1, 0.15) is 0 Å². The molecule has 1 unspecified atom stereocenters. The van der Waals surface area contributed by atoms with Crippen LogP contribution in [0.1, 0.15) is 12.8 Å². The number of hydrogen-bond acceptors (Lipinski definition) is 5. The Labute approximate surface area is 115 Å². The van der Waals surface area contributed by atoms with E-state index in [2.05, 4.69) is 10.2 Å². The topological polar surface area (TPSA) is 76.8 Å². The zero-order valence-electron chi connectivity index (χ0n) is 12.1. The molecule has 0 aromatic rings. The first-order chi connectivity index (χ1) is 9.15. The van der Waals surface area contributed by atoms with Crippen molar-refractivity contribution in [1.82, 2.24) is 10.2 Å². The molecule has 1 fully saturated rings. The van der Waals surface area contributed by atoms with Crippen LogP contribution in [0.2, 0.25) is 0 Å². The third-order valence-electron chi connectivity index (χ3n) is 3.55. The molecule has 1 saturated heterocycles. The lowest BCUT2D eigenvalue weighted by Crippen LogP contribution is -2.48. The third kappa shape index (κ3) is 6.33. The van der Waals surface area contributed by atoms with Crippen LogP contribution in [0.5, 0.6) is 0 Å². The van der Waals surface area contributed by atoms with Crippen LogP contribution < -0.4 is 11.1 Å². The van der Waals surface area contributed by atoms with Gasteiger partial charge in [0.05, 0.1) is 12.6 Å². The Morgan fingerprint density at radius 1 is 1.47 bits per heavy atom. The minimum atomic E-state index is -0.409. The lowest BCUT2D eigenvalue weighted by molar-refractivity contribution is -0.124. The Balaban J connectivity index is 2.15. The molecule has 1 amide bonds. The second-order valence-corrected chi connectivity index (χ2v) is 5.06. The van der Waals surface area contributed by atoms with E-state index in [1.807, 2.05) is 7.05 Å². The van der Waals surface area contributed by atoms with Crippen molar-refractivity contribution in [1.29, 1.82) is 0 Å². The van der Waals surface area contributed by atoms with Crippen LogP contribution in [0.25, 0.3) is 0 Å². The first-order valence-electron chi connectivity index (χ1n) is 6.93. The van der Waals surface area contributed by atoms with Crippen molar-refractivity contribution in [2.24, 2.45) is 11.7 Å². The summed E-state index contributed by atoms with van der Waals surface area (Å²) in [4.78, 5) is 14.0. The van der Waals surface area contributed by atoms with Crippen molar-refractivity contribution in [3.8, 4) is 0 Å². The van der Waals surface area contributed by atoms with Crippen LogP contribution >= 0.6 is 0 Å². The highest BCUT2D eigenvalue weighted by Crippen LogP contribution is 2.17. The Kier molecular flexibility index (Phi) is 7.97.